The minimum absolute atomic E-state index is 0.0387. The van der Waals surface area contributed by atoms with Gasteiger partial charge in [0.05, 0.1) is 23.2 Å². The van der Waals surface area contributed by atoms with Crippen molar-refractivity contribution in [2.45, 2.75) is 44.8 Å². The first-order valence-electron chi connectivity index (χ1n) is 11.3. The topological polar surface area (TPSA) is 47.2 Å². The van der Waals surface area contributed by atoms with E-state index < -0.39 is 17.6 Å². The minimum Gasteiger partial charge on any atom is -0.459 e. The Labute approximate surface area is 189 Å². The van der Waals surface area contributed by atoms with Crippen molar-refractivity contribution in [2.75, 3.05) is 6.54 Å². The Morgan fingerprint density at radius 1 is 1.03 bits per heavy atom. The number of aromatic nitrogens is 1. The van der Waals surface area contributed by atoms with Crippen LogP contribution < -0.4 is 5.32 Å². The fraction of sp³-hybridized carbons (Fsp3) is 0.346. The van der Waals surface area contributed by atoms with E-state index in [4.69, 9.17) is 4.42 Å². The highest BCUT2D eigenvalue weighted by atomic mass is 19.4. The molecule has 0 atom stereocenters. The summed E-state index contributed by atoms with van der Waals surface area (Å²) in [5.41, 5.74) is 0.439. The van der Waals surface area contributed by atoms with E-state index in [1.165, 1.54) is 6.42 Å². The number of alkyl halides is 3. The largest absolute Gasteiger partial charge is 0.459 e. The van der Waals surface area contributed by atoms with Gasteiger partial charge in [-0.3, -0.25) is 4.79 Å². The molecule has 4 aromatic rings. The lowest BCUT2D eigenvalue weighted by atomic mass is 9.89. The lowest BCUT2D eigenvalue weighted by Crippen LogP contribution is -2.30. The molecule has 1 amide bonds. The van der Waals surface area contributed by atoms with Gasteiger partial charge in [0.15, 0.2) is 0 Å². The number of hydrogen-bond donors (Lipinski definition) is 1. The zero-order valence-electron chi connectivity index (χ0n) is 18.1. The van der Waals surface area contributed by atoms with Gasteiger partial charge in [-0.2, -0.15) is 13.2 Å². The summed E-state index contributed by atoms with van der Waals surface area (Å²) >= 11 is 0. The summed E-state index contributed by atoms with van der Waals surface area (Å²) in [5, 5.41) is 4.23. The van der Waals surface area contributed by atoms with Gasteiger partial charge in [0, 0.05) is 23.5 Å². The summed E-state index contributed by atoms with van der Waals surface area (Å²) in [6.07, 6.45) is 2.72. The molecule has 2 heterocycles. The Morgan fingerprint density at radius 3 is 2.58 bits per heavy atom. The number of carbonyl (C=O) groups is 1. The van der Waals surface area contributed by atoms with Gasteiger partial charge in [-0.25, -0.2) is 0 Å². The molecule has 0 spiro atoms. The molecular formula is C26H25F3N2O2. The molecule has 0 unspecified atom stereocenters. The van der Waals surface area contributed by atoms with Crippen LogP contribution in [0.15, 0.2) is 59.1 Å². The molecule has 4 nitrogen and oxygen atoms in total. The molecule has 172 valence electrons. The first-order valence-corrected chi connectivity index (χ1v) is 11.3. The molecule has 0 saturated heterocycles. The first kappa shape index (κ1) is 21.6. The van der Waals surface area contributed by atoms with E-state index in [9.17, 15) is 18.0 Å². The minimum atomic E-state index is -4.53. The van der Waals surface area contributed by atoms with Gasteiger partial charge in [-0.15, -0.1) is 0 Å². The molecule has 5 rings (SSSR count). The van der Waals surface area contributed by atoms with Crippen molar-refractivity contribution in [2.24, 2.45) is 5.92 Å². The van der Waals surface area contributed by atoms with Gasteiger partial charge in [0.1, 0.15) is 11.3 Å². The number of benzene rings is 2. The lowest BCUT2D eigenvalue weighted by Gasteiger charge is -2.22. The van der Waals surface area contributed by atoms with E-state index in [-0.39, 0.29) is 5.56 Å². The van der Waals surface area contributed by atoms with Crippen molar-refractivity contribution in [1.29, 1.82) is 0 Å². The van der Waals surface area contributed by atoms with Crippen molar-refractivity contribution < 1.29 is 22.4 Å². The average molecular weight is 454 g/mol. The Morgan fingerprint density at radius 2 is 1.82 bits per heavy atom. The Kier molecular flexibility index (Phi) is 5.64. The summed E-state index contributed by atoms with van der Waals surface area (Å²) in [4.78, 5) is 13.1. The standard InChI is InChI=1S/C26H25F3N2O2/c27-26(28,29)20-12-19-10-11-31(16-21-13-18-8-4-5-9-23(18)33-21)24(19)22(14-20)25(32)30-15-17-6-2-1-3-7-17/h4-5,8-14,17H,1-3,6-7,15-16H2,(H,30,32). The summed E-state index contributed by atoms with van der Waals surface area (Å²) in [6, 6.07) is 13.2. The van der Waals surface area contributed by atoms with E-state index in [1.807, 2.05) is 30.3 Å². The highest BCUT2D eigenvalue weighted by molar-refractivity contribution is 6.06. The molecule has 1 aliphatic carbocycles. The van der Waals surface area contributed by atoms with Gasteiger partial charge in [-0.1, -0.05) is 37.5 Å². The number of fused-ring (bicyclic) bond motifs is 2. The monoisotopic (exact) mass is 454 g/mol. The second kappa shape index (κ2) is 8.61. The normalized spacial score (nSPS) is 15.4. The maximum Gasteiger partial charge on any atom is 0.416 e. The zero-order chi connectivity index (χ0) is 23.0. The van der Waals surface area contributed by atoms with Crippen molar-refractivity contribution in [3.05, 3.63) is 71.6 Å². The number of furan rings is 1. The molecule has 0 bridgehead atoms. The van der Waals surface area contributed by atoms with Crippen molar-refractivity contribution in [3.8, 4) is 0 Å². The fourth-order valence-corrected chi connectivity index (χ4v) is 4.82. The SMILES string of the molecule is O=C(NCC1CCCCC1)c1cc(C(F)(F)F)cc2ccn(Cc3cc4ccccc4o3)c12. The Bertz CT molecular complexity index is 1260. The van der Waals surface area contributed by atoms with Crippen molar-refractivity contribution in [3.63, 3.8) is 0 Å². The van der Waals surface area contributed by atoms with E-state index in [0.29, 0.717) is 35.7 Å². The molecule has 33 heavy (non-hydrogen) atoms. The molecule has 2 aromatic heterocycles. The molecular weight excluding hydrogens is 429 g/mol. The van der Waals surface area contributed by atoms with Crippen LogP contribution in [0.1, 0.15) is 53.8 Å². The summed E-state index contributed by atoms with van der Waals surface area (Å²) in [7, 11) is 0. The molecule has 2 aromatic carbocycles. The fourth-order valence-electron chi connectivity index (χ4n) is 4.82. The third kappa shape index (κ3) is 4.49. The quantitative estimate of drug-likeness (QED) is 0.362. The van der Waals surface area contributed by atoms with Gasteiger partial charge in [-0.05, 0) is 49.1 Å². The first-order chi connectivity index (χ1) is 15.9. The number of halogens is 3. The Hall–Kier alpha value is -3.22. The predicted molar refractivity (Wildman–Crippen MR) is 121 cm³/mol. The van der Waals surface area contributed by atoms with Crippen LogP contribution in [0.25, 0.3) is 21.9 Å². The number of para-hydroxylation sites is 1. The van der Waals surface area contributed by atoms with Gasteiger partial charge < -0.3 is 14.3 Å². The van der Waals surface area contributed by atoms with Crippen LogP contribution in [-0.4, -0.2) is 17.0 Å². The van der Waals surface area contributed by atoms with Gasteiger partial charge in [0.25, 0.3) is 5.91 Å². The molecule has 7 heteroatoms. The number of amides is 1. The number of nitrogens with zero attached hydrogens (tertiary/aromatic N) is 1. The van der Waals surface area contributed by atoms with Crippen LogP contribution in [0.4, 0.5) is 13.2 Å². The molecule has 1 aliphatic rings. The van der Waals surface area contributed by atoms with E-state index in [1.54, 1.807) is 16.8 Å². The second-order valence-corrected chi connectivity index (χ2v) is 8.87. The van der Waals surface area contributed by atoms with Crippen LogP contribution in [0.2, 0.25) is 0 Å². The average Bonchev–Trinajstić information content (AvgIpc) is 3.40. The molecule has 1 N–H and O–H groups in total. The zero-order valence-corrected chi connectivity index (χ0v) is 18.1. The van der Waals surface area contributed by atoms with Crippen LogP contribution >= 0.6 is 0 Å². The van der Waals surface area contributed by atoms with Gasteiger partial charge in [0.2, 0.25) is 0 Å². The highest BCUT2D eigenvalue weighted by Crippen LogP contribution is 2.34. The number of carbonyl (C=O) groups excluding carboxylic acids is 1. The second-order valence-electron chi connectivity index (χ2n) is 8.87. The van der Waals surface area contributed by atoms with Crippen LogP contribution in [0.3, 0.4) is 0 Å². The molecule has 0 radical (unpaired) electrons. The molecule has 1 saturated carbocycles. The van der Waals surface area contributed by atoms with Crippen LogP contribution in [-0.2, 0) is 12.7 Å². The highest BCUT2D eigenvalue weighted by Gasteiger charge is 2.33. The molecule has 0 aliphatic heterocycles. The third-order valence-electron chi connectivity index (χ3n) is 6.51. The summed E-state index contributed by atoms with van der Waals surface area (Å²) < 4.78 is 48.3. The summed E-state index contributed by atoms with van der Waals surface area (Å²) in [5.74, 6) is 0.578. The molecule has 1 fully saturated rings. The number of hydrogen-bond acceptors (Lipinski definition) is 2. The maximum atomic E-state index is 13.6. The predicted octanol–water partition coefficient (Wildman–Crippen LogP) is 6.76. The van der Waals surface area contributed by atoms with E-state index in [2.05, 4.69) is 5.32 Å². The van der Waals surface area contributed by atoms with E-state index in [0.717, 1.165) is 48.8 Å². The third-order valence-corrected chi connectivity index (χ3v) is 6.51. The van der Waals surface area contributed by atoms with Crippen LogP contribution in [0.5, 0.6) is 0 Å². The van der Waals surface area contributed by atoms with E-state index >= 15 is 0 Å². The maximum absolute atomic E-state index is 13.6. The van der Waals surface area contributed by atoms with Gasteiger partial charge >= 0.3 is 6.18 Å². The Balaban J connectivity index is 1.50. The lowest BCUT2D eigenvalue weighted by molar-refractivity contribution is -0.137. The van der Waals surface area contributed by atoms with Crippen molar-refractivity contribution in [1.82, 2.24) is 9.88 Å². The smallest absolute Gasteiger partial charge is 0.416 e. The number of rotatable bonds is 5. The van der Waals surface area contributed by atoms with Crippen molar-refractivity contribution >= 4 is 27.8 Å². The van der Waals surface area contributed by atoms with Crippen LogP contribution in [0, 0.1) is 5.92 Å². The number of nitrogens with one attached hydrogen (secondary N) is 1. The summed E-state index contributed by atoms with van der Waals surface area (Å²) in [6.45, 7) is 0.799.